The highest BCUT2D eigenvalue weighted by molar-refractivity contribution is 5.63. The molecule has 0 aliphatic rings. The van der Waals surface area contributed by atoms with E-state index in [2.05, 4.69) is 6.58 Å². The standard InChI is InChI=1S/C10H14N2O2.CH4/c1-2-5-11-7-8-12(9-11)6-3-4-10(13)14;/h2,7-9H,1,3-6H2;1H4. The fraction of sp³-hybridized carbons (Fsp3) is 0.455. The fourth-order valence-electron chi connectivity index (χ4n) is 1.23. The Labute approximate surface area is 90.5 Å². The predicted octanol–water partition coefficient (Wildman–Crippen LogP) is 0.128. The van der Waals surface area contributed by atoms with Gasteiger partial charge in [-0.15, -0.1) is 0 Å². The highest BCUT2D eigenvalue weighted by Crippen LogP contribution is 1.89. The van der Waals surface area contributed by atoms with E-state index >= 15 is 0 Å². The third-order valence-corrected chi connectivity index (χ3v) is 1.88. The van der Waals surface area contributed by atoms with Crippen LogP contribution in [0.5, 0.6) is 0 Å². The Morgan fingerprint density at radius 1 is 1.60 bits per heavy atom. The van der Waals surface area contributed by atoms with Gasteiger partial charge in [-0.1, -0.05) is 20.1 Å². The monoisotopic (exact) mass is 210 g/mol. The van der Waals surface area contributed by atoms with E-state index in [0.717, 1.165) is 6.54 Å². The van der Waals surface area contributed by atoms with Crippen LogP contribution in [0.25, 0.3) is 0 Å². The summed E-state index contributed by atoms with van der Waals surface area (Å²) in [6.45, 7) is 5.11. The van der Waals surface area contributed by atoms with Gasteiger partial charge < -0.3 is 9.90 Å². The molecule has 0 saturated carbocycles. The molecule has 0 atom stereocenters. The number of carboxylic acid groups (broad SMARTS) is 1. The maximum absolute atomic E-state index is 10.2. The molecule has 1 aromatic rings. The van der Waals surface area contributed by atoms with Crippen LogP contribution in [-0.2, 0) is 17.9 Å². The summed E-state index contributed by atoms with van der Waals surface area (Å²) >= 11 is 0. The van der Waals surface area contributed by atoms with Crippen LogP contribution < -0.4 is 9.67 Å². The number of allylic oxidation sites excluding steroid dienone is 1. The van der Waals surface area contributed by atoms with E-state index in [1.54, 1.807) is 0 Å². The minimum atomic E-state index is -0.990. The van der Waals surface area contributed by atoms with Crippen LogP contribution in [0.1, 0.15) is 20.3 Å². The Kier molecular flexibility index (Phi) is 6.09. The van der Waals surface area contributed by atoms with Crippen molar-refractivity contribution in [3.8, 4) is 0 Å². The number of imidazole rings is 1. The van der Waals surface area contributed by atoms with E-state index in [4.69, 9.17) is 0 Å². The number of hydrogen-bond donors (Lipinski definition) is 0. The first kappa shape index (κ1) is 13.4. The van der Waals surface area contributed by atoms with E-state index in [-0.39, 0.29) is 13.8 Å². The average molecular weight is 210 g/mol. The summed E-state index contributed by atoms with van der Waals surface area (Å²) in [5.74, 6) is -0.990. The van der Waals surface area contributed by atoms with E-state index in [1.807, 2.05) is 33.9 Å². The van der Waals surface area contributed by atoms with Gasteiger partial charge in [-0.05, 0) is 12.8 Å². The second-order valence-corrected chi connectivity index (χ2v) is 3.11. The molecule has 0 bridgehead atoms. The molecular weight excluding hydrogens is 192 g/mol. The maximum atomic E-state index is 10.2. The van der Waals surface area contributed by atoms with Crippen molar-refractivity contribution in [2.24, 2.45) is 0 Å². The molecule has 4 nitrogen and oxygen atoms in total. The largest absolute Gasteiger partial charge is 0.550 e. The van der Waals surface area contributed by atoms with Gasteiger partial charge in [-0.3, -0.25) is 0 Å². The van der Waals surface area contributed by atoms with Crippen LogP contribution in [0, 0.1) is 0 Å². The summed E-state index contributed by atoms with van der Waals surface area (Å²) in [6, 6.07) is 0. The van der Waals surface area contributed by atoms with Gasteiger partial charge in [0.25, 0.3) is 0 Å². The Morgan fingerprint density at radius 2 is 2.33 bits per heavy atom. The van der Waals surface area contributed by atoms with Gasteiger partial charge >= 0.3 is 0 Å². The van der Waals surface area contributed by atoms with Gasteiger partial charge in [0.2, 0.25) is 6.33 Å². The molecule has 15 heavy (non-hydrogen) atoms. The lowest BCUT2D eigenvalue weighted by Crippen LogP contribution is -2.32. The fourth-order valence-corrected chi connectivity index (χ4v) is 1.23. The molecule has 0 fully saturated rings. The molecule has 0 spiro atoms. The first-order valence-electron chi connectivity index (χ1n) is 4.58. The van der Waals surface area contributed by atoms with Gasteiger partial charge in [-0.25, -0.2) is 9.13 Å². The number of aryl methyl sites for hydroxylation is 1. The van der Waals surface area contributed by atoms with Crippen molar-refractivity contribution in [1.29, 1.82) is 0 Å². The lowest BCUT2D eigenvalue weighted by molar-refractivity contribution is -0.696. The van der Waals surface area contributed by atoms with Crippen LogP contribution >= 0.6 is 0 Å². The SMILES string of the molecule is C.C=CCn1cc[n+](CCCC(=O)[O-])c1. The molecule has 4 heteroatoms. The van der Waals surface area contributed by atoms with Gasteiger partial charge in [-0.2, -0.15) is 0 Å². The predicted molar refractivity (Wildman–Crippen MR) is 55.8 cm³/mol. The molecule has 1 aromatic heterocycles. The summed E-state index contributed by atoms with van der Waals surface area (Å²) in [6.07, 6.45) is 8.30. The molecule has 0 aromatic carbocycles. The zero-order valence-corrected chi connectivity index (χ0v) is 8.06. The van der Waals surface area contributed by atoms with Gasteiger partial charge in [0.05, 0.1) is 6.54 Å². The molecule has 0 aliphatic heterocycles. The summed E-state index contributed by atoms with van der Waals surface area (Å²) in [5.41, 5.74) is 0. The minimum Gasteiger partial charge on any atom is -0.550 e. The normalized spacial score (nSPS) is 9.33. The minimum absolute atomic E-state index is 0. The Hall–Kier alpha value is -1.58. The third-order valence-electron chi connectivity index (χ3n) is 1.88. The molecule has 1 rings (SSSR count). The van der Waals surface area contributed by atoms with Gasteiger partial charge in [0.1, 0.15) is 18.9 Å². The zero-order chi connectivity index (χ0) is 10.4. The van der Waals surface area contributed by atoms with Crippen molar-refractivity contribution in [3.05, 3.63) is 31.4 Å². The number of nitrogens with zero attached hydrogens (tertiary/aromatic N) is 2. The van der Waals surface area contributed by atoms with Crippen LogP contribution in [0.15, 0.2) is 31.4 Å². The van der Waals surface area contributed by atoms with E-state index in [9.17, 15) is 9.90 Å². The summed E-state index contributed by atoms with van der Waals surface area (Å²) < 4.78 is 3.93. The molecule has 0 saturated heterocycles. The average Bonchev–Trinajstić information content (AvgIpc) is 2.53. The smallest absolute Gasteiger partial charge is 0.244 e. The Balaban J connectivity index is 0.00000196. The second-order valence-electron chi connectivity index (χ2n) is 3.11. The van der Waals surface area contributed by atoms with Crippen LogP contribution in [0.2, 0.25) is 0 Å². The van der Waals surface area contributed by atoms with Crippen LogP contribution in [0.3, 0.4) is 0 Å². The highest BCUT2D eigenvalue weighted by atomic mass is 16.4. The lowest BCUT2D eigenvalue weighted by Gasteiger charge is -1.98. The summed E-state index contributed by atoms with van der Waals surface area (Å²) in [4.78, 5) is 10.2. The molecule has 0 unspecified atom stereocenters. The zero-order valence-electron chi connectivity index (χ0n) is 8.06. The second kappa shape index (κ2) is 6.81. The van der Waals surface area contributed by atoms with E-state index < -0.39 is 5.97 Å². The topological polar surface area (TPSA) is 48.9 Å². The van der Waals surface area contributed by atoms with Crippen LogP contribution in [-0.4, -0.2) is 10.5 Å². The molecular formula is C11H18N2O2. The quantitative estimate of drug-likeness (QED) is 0.495. The van der Waals surface area contributed by atoms with E-state index in [1.165, 1.54) is 0 Å². The Bertz CT molecular complexity index is 318. The van der Waals surface area contributed by atoms with Crippen LogP contribution in [0.4, 0.5) is 0 Å². The molecule has 0 N–H and O–H groups in total. The van der Waals surface area contributed by atoms with Gasteiger partial charge in [0.15, 0.2) is 0 Å². The molecule has 0 radical (unpaired) electrons. The summed E-state index contributed by atoms with van der Waals surface area (Å²) in [5, 5.41) is 10.2. The van der Waals surface area contributed by atoms with Crippen molar-refractivity contribution in [3.63, 3.8) is 0 Å². The van der Waals surface area contributed by atoms with Crippen molar-refractivity contribution in [1.82, 2.24) is 4.57 Å². The van der Waals surface area contributed by atoms with Crippen molar-refractivity contribution < 1.29 is 14.5 Å². The molecule has 0 aliphatic carbocycles. The van der Waals surface area contributed by atoms with Crippen molar-refractivity contribution in [2.45, 2.75) is 33.4 Å². The molecule has 84 valence electrons. The number of aromatic nitrogens is 2. The van der Waals surface area contributed by atoms with Gasteiger partial charge in [0, 0.05) is 5.97 Å². The van der Waals surface area contributed by atoms with Crippen molar-refractivity contribution in [2.75, 3.05) is 0 Å². The Morgan fingerprint density at radius 3 is 2.93 bits per heavy atom. The molecule has 1 heterocycles. The lowest BCUT2D eigenvalue weighted by atomic mass is 10.3. The number of carbonyl (C=O) groups is 1. The number of aliphatic carboxylic acids is 1. The third kappa shape index (κ3) is 5.00. The highest BCUT2D eigenvalue weighted by Gasteiger charge is 2.01. The number of carboxylic acids is 1. The number of rotatable bonds is 6. The first-order chi connectivity index (χ1) is 6.72. The number of carbonyl (C=O) groups excluding carboxylic acids is 1. The maximum Gasteiger partial charge on any atom is 0.244 e. The van der Waals surface area contributed by atoms with E-state index in [0.29, 0.717) is 13.0 Å². The molecule has 0 amide bonds. The number of hydrogen-bond acceptors (Lipinski definition) is 2. The van der Waals surface area contributed by atoms with Crippen molar-refractivity contribution >= 4 is 5.97 Å². The summed E-state index contributed by atoms with van der Waals surface area (Å²) in [7, 11) is 0. The first-order valence-corrected chi connectivity index (χ1v) is 4.58.